The van der Waals surface area contributed by atoms with Crippen LogP contribution in [0.2, 0.25) is 0 Å². The molecule has 0 radical (unpaired) electrons. The standard InChI is InChI=1S/C17H17NO3S/c1-13-7-9-15(10-8-13)18-17(20)12-22(21)11-16(19)14-5-3-2-4-6-14/h2-10H,11-12H2,1H3,(H,18,20). The zero-order chi connectivity index (χ0) is 15.9. The summed E-state index contributed by atoms with van der Waals surface area (Å²) < 4.78 is 11.9. The van der Waals surface area contributed by atoms with Crippen LogP contribution < -0.4 is 5.32 Å². The molecule has 1 atom stereocenters. The van der Waals surface area contributed by atoms with Crippen LogP contribution in [0.3, 0.4) is 0 Å². The van der Waals surface area contributed by atoms with Crippen molar-refractivity contribution in [1.82, 2.24) is 0 Å². The second kappa shape index (κ2) is 7.66. The number of nitrogens with one attached hydrogen (secondary N) is 1. The number of amides is 1. The molecule has 4 nitrogen and oxygen atoms in total. The van der Waals surface area contributed by atoms with Gasteiger partial charge < -0.3 is 5.32 Å². The number of ketones is 1. The molecule has 5 heteroatoms. The first-order chi connectivity index (χ1) is 10.5. The number of aryl methyl sites for hydroxylation is 1. The molecule has 22 heavy (non-hydrogen) atoms. The first-order valence-electron chi connectivity index (χ1n) is 6.84. The summed E-state index contributed by atoms with van der Waals surface area (Å²) in [6.07, 6.45) is 0. The number of rotatable bonds is 6. The smallest absolute Gasteiger partial charge is 0.237 e. The topological polar surface area (TPSA) is 63.2 Å². The second-order valence-corrected chi connectivity index (χ2v) is 6.39. The molecule has 0 spiro atoms. The minimum atomic E-state index is -1.52. The van der Waals surface area contributed by atoms with Crippen molar-refractivity contribution in [3.8, 4) is 0 Å². The van der Waals surface area contributed by atoms with E-state index >= 15 is 0 Å². The fourth-order valence-electron chi connectivity index (χ4n) is 1.88. The molecular formula is C17H17NO3S. The highest BCUT2D eigenvalue weighted by atomic mass is 32.2. The predicted molar refractivity (Wildman–Crippen MR) is 88.5 cm³/mol. The second-order valence-electron chi connectivity index (χ2n) is 4.93. The van der Waals surface area contributed by atoms with E-state index in [0.29, 0.717) is 11.3 Å². The van der Waals surface area contributed by atoms with Gasteiger partial charge in [-0.1, -0.05) is 48.0 Å². The van der Waals surface area contributed by atoms with E-state index in [1.165, 1.54) is 0 Å². The molecule has 2 aromatic carbocycles. The van der Waals surface area contributed by atoms with Crippen LogP contribution >= 0.6 is 0 Å². The van der Waals surface area contributed by atoms with E-state index in [4.69, 9.17) is 0 Å². The molecule has 0 aliphatic carbocycles. The third kappa shape index (κ3) is 4.93. The van der Waals surface area contributed by atoms with Gasteiger partial charge in [-0.2, -0.15) is 0 Å². The van der Waals surface area contributed by atoms with Gasteiger partial charge in [-0.3, -0.25) is 13.8 Å². The lowest BCUT2D eigenvalue weighted by Crippen LogP contribution is -2.23. The molecule has 1 N–H and O–H groups in total. The number of benzene rings is 2. The van der Waals surface area contributed by atoms with Crippen molar-refractivity contribution in [2.24, 2.45) is 0 Å². The zero-order valence-electron chi connectivity index (χ0n) is 12.2. The van der Waals surface area contributed by atoms with Gasteiger partial charge in [0.1, 0.15) is 5.75 Å². The Bertz CT molecular complexity index is 681. The van der Waals surface area contributed by atoms with Crippen LogP contribution in [0.25, 0.3) is 0 Å². The summed E-state index contributed by atoms with van der Waals surface area (Å²) >= 11 is 0. The maximum Gasteiger partial charge on any atom is 0.237 e. The molecule has 0 bridgehead atoms. The maximum atomic E-state index is 11.9. The highest BCUT2D eigenvalue weighted by molar-refractivity contribution is 7.86. The van der Waals surface area contributed by atoms with E-state index in [9.17, 15) is 13.8 Å². The monoisotopic (exact) mass is 315 g/mol. The van der Waals surface area contributed by atoms with Crippen molar-refractivity contribution < 1.29 is 13.8 Å². The molecule has 114 valence electrons. The highest BCUT2D eigenvalue weighted by Gasteiger charge is 2.14. The molecule has 1 amide bonds. The van der Waals surface area contributed by atoms with Crippen LogP contribution in [0, 0.1) is 6.92 Å². The summed E-state index contributed by atoms with van der Waals surface area (Å²) in [6, 6.07) is 16.0. The Hall–Kier alpha value is -2.27. The number of hydrogen-bond acceptors (Lipinski definition) is 3. The third-order valence-corrected chi connectivity index (χ3v) is 4.18. The van der Waals surface area contributed by atoms with Crippen molar-refractivity contribution >= 4 is 28.2 Å². The van der Waals surface area contributed by atoms with Crippen molar-refractivity contribution in [3.05, 3.63) is 65.7 Å². The highest BCUT2D eigenvalue weighted by Crippen LogP contribution is 2.08. The summed E-state index contributed by atoms with van der Waals surface area (Å²) in [6.45, 7) is 1.95. The Morgan fingerprint density at radius 3 is 2.23 bits per heavy atom. The zero-order valence-corrected chi connectivity index (χ0v) is 13.1. The van der Waals surface area contributed by atoms with Crippen LogP contribution in [0.4, 0.5) is 5.69 Å². The molecule has 0 saturated heterocycles. The van der Waals surface area contributed by atoms with Gasteiger partial charge in [0.25, 0.3) is 0 Å². The van der Waals surface area contributed by atoms with Gasteiger partial charge >= 0.3 is 0 Å². The van der Waals surface area contributed by atoms with Crippen LogP contribution in [0.5, 0.6) is 0 Å². The molecule has 0 aliphatic rings. The summed E-state index contributed by atoms with van der Waals surface area (Å²) in [7, 11) is -1.52. The van der Waals surface area contributed by atoms with Crippen LogP contribution in [-0.2, 0) is 15.6 Å². The normalized spacial score (nSPS) is 11.7. The predicted octanol–water partition coefficient (Wildman–Crippen LogP) is 2.57. The fourth-order valence-corrected chi connectivity index (χ4v) is 2.81. The molecule has 0 saturated carbocycles. The Balaban J connectivity index is 1.85. The van der Waals surface area contributed by atoms with E-state index in [-0.39, 0.29) is 23.2 Å². The average Bonchev–Trinajstić information content (AvgIpc) is 2.50. The van der Waals surface area contributed by atoms with Gasteiger partial charge in [0.05, 0.1) is 5.75 Å². The fraction of sp³-hybridized carbons (Fsp3) is 0.176. The third-order valence-electron chi connectivity index (χ3n) is 3.02. The number of anilines is 1. The van der Waals surface area contributed by atoms with Crippen molar-refractivity contribution in [2.45, 2.75) is 6.92 Å². The van der Waals surface area contributed by atoms with E-state index in [1.54, 1.807) is 36.4 Å². The Morgan fingerprint density at radius 1 is 0.955 bits per heavy atom. The molecule has 0 heterocycles. The number of hydrogen-bond donors (Lipinski definition) is 1. The van der Waals surface area contributed by atoms with E-state index in [0.717, 1.165) is 5.56 Å². The first kappa shape index (κ1) is 16.1. The quantitative estimate of drug-likeness (QED) is 0.833. The van der Waals surface area contributed by atoms with Gasteiger partial charge in [0.15, 0.2) is 5.78 Å². The van der Waals surface area contributed by atoms with Crippen LogP contribution in [0.15, 0.2) is 54.6 Å². The molecule has 0 aliphatic heterocycles. The van der Waals surface area contributed by atoms with Crippen molar-refractivity contribution in [2.75, 3.05) is 16.8 Å². The van der Waals surface area contributed by atoms with Gasteiger partial charge in [0, 0.05) is 22.1 Å². The molecule has 0 fully saturated rings. The maximum absolute atomic E-state index is 11.9. The minimum absolute atomic E-state index is 0.147. The lowest BCUT2D eigenvalue weighted by molar-refractivity contribution is -0.113. The number of carbonyl (C=O) groups excluding carboxylic acids is 2. The summed E-state index contributed by atoms with van der Waals surface area (Å²) in [5, 5.41) is 2.67. The van der Waals surface area contributed by atoms with Gasteiger partial charge in [-0.25, -0.2) is 0 Å². The van der Waals surface area contributed by atoms with E-state index < -0.39 is 10.8 Å². The molecule has 2 aromatic rings. The van der Waals surface area contributed by atoms with Crippen molar-refractivity contribution in [1.29, 1.82) is 0 Å². The van der Waals surface area contributed by atoms with Crippen LogP contribution in [0.1, 0.15) is 15.9 Å². The average molecular weight is 315 g/mol. The minimum Gasteiger partial charge on any atom is -0.325 e. The SMILES string of the molecule is Cc1ccc(NC(=O)CS(=O)CC(=O)c2ccccc2)cc1. The Morgan fingerprint density at radius 2 is 1.59 bits per heavy atom. The summed E-state index contributed by atoms with van der Waals surface area (Å²) in [5.74, 6) is -0.914. The largest absolute Gasteiger partial charge is 0.325 e. The van der Waals surface area contributed by atoms with Crippen molar-refractivity contribution in [3.63, 3.8) is 0 Å². The first-order valence-corrected chi connectivity index (χ1v) is 8.33. The Kier molecular flexibility index (Phi) is 5.61. The van der Waals surface area contributed by atoms with E-state index in [2.05, 4.69) is 5.32 Å². The molecule has 0 aromatic heterocycles. The van der Waals surface area contributed by atoms with Gasteiger partial charge in [-0.15, -0.1) is 0 Å². The van der Waals surface area contributed by atoms with Gasteiger partial charge in [-0.05, 0) is 19.1 Å². The lowest BCUT2D eigenvalue weighted by Gasteiger charge is -2.05. The molecular weight excluding hydrogens is 298 g/mol. The van der Waals surface area contributed by atoms with Crippen LogP contribution in [-0.4, -0.2) is 27.4 Å². The lowest BCUT2D eigenvalue weighted by atomic mass is 10.2. The molecule has 1 unspecified atom stereocenters. The van der Waals surface area contributed by atoms with E-state index in [1.807, 2.05) is 25.1 Å². The Labute approximate surface area is 132 Å². The number of carbonyl (C=O) groups is 2. The number of Topliss-reactive ketones (excluding diaryl/α,β-unsaturated/α-hetero) is 1. The summed E-state index contributed by atoms with van der Waals surface area (Å²) in [4.78, 5) is 23.7. The summed E-state index contributed by atoms with van der Waals surface area (Å²) in [5.41, 5.74) is 2.26. The molecule has 2 rings (SSSR count). The van der Waals surface area contributed by atoms with Gasteiger partial charge in [0.2, 0.25) is 5.91 Å².